The fourth-order valence-electron chi connectivity index (χ4n) is 6.63. The van der Waals surface area contributed by atoms with Crippen LogP contribution in [0.1, 0.15) is 0 Å². The Hall–Kier alpha value is -5.94. The molecule has 0 aliphatic heterocycles. The Kier molecular flexibility index (Phi) is 4.85. The van der Waals surface area contributed by atoms with E-state index in [4.69, 9.17) is 4.42 Å². The molecule has 3 aromatic heterocycles. The minimum absolute atomic E-state index is 0.370. The molecule has 0 unspecified atom stereocenters. The summed E-state index contributed by atoms with van der Waals surface area (Å²) in [7, 11) is 0. The maximum absolute atomic E-state index is 14.6. The van der Waals surface area contributed by atoms with Crippen LogP contribution in [0.3, 0.4) is 0 Å². The maximum Gasteiger partial charge on any atom is 0.269 e. The lowest BCUT2D eigenvalue weighted by Crippen LogP contribution is -2.28. The summed E-state index contributed by atoms with van der Waals surface area (Å²) in [5.41, 5.74) is 3.92. The first-order chi connectivity index (χ1) is 21.2. The molecule has 0 saturated heterocycles. The van der Waals surface area contributed by atoms with Gasteiger partial charge in [0, 0.05) is 32.6 Å². The zero-order chi connectivity index (χ0) is 28.7. The summed E-state index contributed by atoms with van der Waals surface area (Å²) in [5, 5.41) is 5.96. The van der Waals surface area contributed by atoms with Gasteiger partial charge in [-0.3, -0.25) is 9.59 Å². The smallest absolute Gasteiger partial charge is 0.269 e. The number of para-hydroxylation sites is 4. The fraction of sp³-hybridized carbons (Fsp3) is 0. The van der Waals surface area contributed by atoms with Crippen LogP contribution in [-0.2, 0) is 0 Å². The van der Waals surface area contributed by atoms with Gasteiger partial charge in [0.1, 0.15) is 11.2 Å². The van der Waals surface area contributed by atoms with Crippen molar-refractivity contribution in [1.29, 1.82) is 0 Å². The summed E-state index contributed by atoms with van der Waals surface area (Å²) in [4.78, 5) is 29.1. The Bertz CT molecular complexity index is 2700. The normalized spacial score (nSPS) is 11.9. The molecular weight excluding hydrogens is 532 g/mol. The van der Waals surface area contributed by atoms with Gasteiger partial charge < -0.3 is 8.98 Å². The van der Waals surface area contributed by atoms with Gasteiger partial charge in [0.15, 0.2) is 0 Å². The van der Waals surface area contributed by atoms with E-state index in [0.29, 0.717) is 38.4 Å². The molecule has 202 valence electrons. The van der Waals surface area contributed by atoms with Crippen molar-refractivity contribution in [1.82, 2.24) is 9.13 Å². The Morgan fingerprint density at radius 1 is 0.419 bits per heavy atom. The summed E-state index contributed by atoms with van der Waals surface area (Å²) in [6.45, 7) is 0. The SMILES string of the molecule is O=c1c2cc3c4ccccc4n(-c4ccccc4)c3cc2c2ccc3c4ccccc4oc3c2c(=O)n1-c1ccccc1. The van der Waals surface area contributed by atoms with Crippen LogP contribution in [0.2, 0.25) is 0 Å². The van der Waals surface area contributed by atoms with Crippen LogP contribution in [-0.4, -0.2) is 9.13 Å². The van der Waals surface area contributed by atoms with Crippen LogP contribution in [0.15, 0.2) is 147 Å². The lowest BCUT2D eigenvalue weighted by Gasteiger charge is -2.08. The molecule has 0 spiro atoms. The van der Waals surface area contributed by atoms with Crippen molar-refractivity contribution in [3.05, 3.63) is 154 Å². The summed E-state index contributed by atoms with van der Waals surface area (Å²) in [6, 6.07) is 43.3. The number of benzene rings is 6. The molecular formula is C38H22N2O3. The molecule has 0 atom stereocenters. The maximum atomic E-state index is 14.6. The summed E-state index contributed by atoms with van der Waals surface area (Å²) in [6.07, 6.45) is 0. The first-order valence-corrected chi connectivity index (χ1v) is 14.2. The van der Waals surface area contributed by atoms with Gasteiger partial charge >= 0.3 is 0 Å². The molecule has 0 radical (unpaired) electrons. The van der Waals surface area contributed by atoms with Gasteiger partial charge in [-0.25, -0.2) is 4.57 Å². The van der Waals surface area contributed by atoms with Crippen molar-refractivity contribution in [2.75, 3.05) is 0 Å². The highest BCUT2D eigenvalue weighted by atomic mass is 16.3. The van der Waals surface area contributed by atoms with Gasteiger partial charge in [-0.15, -0.1) is 0 Å². The first-order valence-electron chi connectivity index (χ1n) is 14.2. The molecule has 0 N–H and O–H groups in total. The molecule has 0 saturated carbocycles. The molecule has 9 rings (SSSR count). The van der Waals surface area contributed by atoms with E-state index in [2.05, 4.69) is 34.9 Å². The highest BCUT2D eigenvalue weighted by molar-refractivity contribution is 6.22. The number of hydrogen-bond donors (Lipinski definition) is 0. The number of furan rings is 1. The van der Waals surface area contributed by atoms with Crippen molar-refractivity contribution >= 4 is 65.3 Å². The second-order valence-electron chi connectivity index (χ2n) is 10.8. The van der Waals surface area contributed by atoms with Crippen molar-refractivity contribution in [3.63, 3.8) is 0 Å². The predicted octanol–water partition coefficient (Wildman–Crippen LogP) is 8.50. The van der Waals surface area contributed by atoms with Gasteiger partial charge in [-0.05, 0) is 65.4 Å². The number of nitrogens with zero attached hydrogens (tertiary/aromatic N) is 2. The fourth-order valence-corrected chi connectivity index (χ4v) is 6.63. The van der Waals surface area contributed by atoms with Gasteiger partial charge in [0.25, 0.3) is 11.1 Å². The van der Waals surface area contributed by atoms with E-state index in [-0.39, 0.29) is 5.56 Å². The summed E-state index contributed by atoms with van der Waals surface area (Å²) in [5.74, 6) is 0. The number of hydrogen-bond acceptors (Lipinski definition) is 3. The van der Waals surface area contributed by atoms with Gasteiger partial charge in [0.05, 0.1) is 22.1 Å². The molecule has 0 bridgehead atoms. The monoisotopic (exact) mass is 554 g/mol. The molecule has 0 aliphatic rings. The lowest BCUT2D eigenvalue weighted by molar-refractivity contribution is 0.672. The second kappa shape index (κ2) is 8.78. The molecule has 0 aliphatic carbocycles. The highest BCUT2D eigenvalue weighted by Crippen LogP contribution is 2.38. The topological polar surface area (TPSA) is 57.1 Å². The number of fused-ring (bicyclic) bond motifs is 10. The van der Waals surface area contributed by atoms with Crippen molar-refractivity contribution in [2.45, 2.75) is 0 Å². The van der Waals surface area contributed by atoms with E-state index in [1.54, 1.807) is 12.1 Å². The minimum Gasteiger partial charge on any atom is -0.455 e. The Labute approximate surface area is 244 Å². The quantitative estimate of drug-likeness (QED) is 0.215. The van der Waals surface area contributed by atoms with Crippen LogP contribution in [0, 0.1) is 0 Å². The second-order valence-corrected chi connectivity index (χ2v) is 10.8. The van der Waals surface area contributed by atoms with Gasteiger partial charge in [-0.1, -0.05) is 78.9 Å². The third-order valence-corrected chi connectivity index (χ3v) is 8.53. The Morgan fingerprint density at radius 3 is 1.81 bits per heavy atom. The van der Waals surface area contributed by atoms with E-state index >= 15 is 0 Å². The van der Waals surface area contributed by atoms with Gasteiger partial charge in [0.2, 0.25) is 0 Å². The Morgan fingerprint density at radius 2 is 1.05 bits per heavy atom. The van der Waals surface area contributed by atoms with E-state index in [1.807, 2.05) is 91.0 Å². The van der Waals surface area contributed by atoms with E-state index < -0.39 is 5.56 Å². The van der Waals surface area contributed by atoms with Crippen LogP contribution in [0.25, 0.3) is 76.7 Å². The van der Waals surface area contributed by atoms with Crippen LogP contribution in [0.4, 0.5) is 0 Å². The first kappa shape index (κ1) is 23.7. The van der Waals surface area contributed by atoms with E-state index in [9.17, 15) is 9.59 Å². The lowest BCUT2D eigenvalue weighted by atomic mass is 10.0. The average Bonchev–Trinajstić information content (AvgIpc) is 3.57. The van der Waals surface area contributed by atoms with Gasteiger partial charge in [-0.2, -0.15) is 0 Å². The number of rotatable bonds is 2. The Balaban J connectivity index is 1.58. The molecule has 3 heterocycles. The largest absolute Gasteiger partial charge is 0.455 e. The zero-order valence-electron chi connectivity index (χ0n) is 22.8. The predicted molar refractivity (Wildman–Crippen MR) is 175 cm³/mol. The van der Waals surface area contributed by atoms with Crippen molar-refractivity contribution in [3.8, 4) is 11.4 Å². The van der Waals surface area contributed by atoms with E-state index in [1.165, 1.54) is 4.57 Å². The molecule has 9 aromatic rings. The summed E-state index contributed by atoms with van der Waals surface area (Å²) < 4.78 is 9.89. The molecule has 0 amide bonds. The third kappa shape index (κ3) is 3.27. The minimum atomic E-state index is -0.410. The molecule has 43 heavy (non-hydrogen) atoms. The number of aromatic nitrogens is 2. The summed E-state index contributed by atoms with van der Waals surface area (Å²) >= 11 is 0. The highest BCUT2D eigenvalue weighted by Gasteiger charge is 2.21. The molecule has 0 fully saturated rings. The van der Waals surface area contributed by atoms with Crippen molar-refractivity contribution in [2.24, 2.45) is 0 Å². The third-order valence-electron chi connectivity index (χ3n) is 8.53. The standard InChI is InChI=1S/C38H22N2O3/c41-37-31-21-30-25-15-7-9-17-32(25)39(23-11-3-1-4-12-23)33(30)22-29(31)27-19-20-28-26-16-8-10-18-34(26)43-36(28)35(27)38(42)40(37)24-13-5-2-6-14-24/h1-22H. The van der Waals surface area contributed by atoms with Crippen LogP contribution < -0.4 is 11.1 Å². The average molecular weight is 555 g/mol. The van der Waals surface area contributed by atoms with E-state index in [0.717, 1.165) is 38.3 Å². The van der Waals surface area contributed by atoms with Crippen LogP contribution in [0.5, 0.6) is 0 Å². The van der Waals surface area contributed by atoms with Crippen LogP contribution >= 0.6 is 0 Å². The zero-order valence-corrected chi connectivity index (χ0v) is 22.8. The van der Waals surface area contributed by atoms with Crippen molar-refractivity contribution < 1.29 is 4.42 Å². The molecule has 5 heteroatoms. The molecule has 5 nitrogen and oxygen atoms in total. The molecule has 6 aromatic carbocycles.